The smallest absolute Gasteiger partial charge is 0.338 e. The van der Waals surface area contributed by atoms with Crippen molar-refractivity contribution in [3.63, 3.8) is 0 Å². The van der Waals surface area contributed by atoms with Crippen LogP contribution < -0.4 is 9.47 Å². The van der Waals surface area contributed by atoms with Crippen molar-refractivity contribution in [3.8, 4) is 11.5 Å². The second kappa shape index (κ2) is 46.9. The molecule has 4 saturated heterocycles. The van der Waals surface area contributed by atoms with Crippen LogP contribution in [0.4, 0.5) is 0 Å². The van der Waals surface area contributed by atoms with Gasteiger partial charge in [-0.25, -0.2) is 28.8 Å². The van der Waals surface area contributed by atoms with Crippen LogP contribution >= 0.6 is 69.6 Å². The summed E-state index contributed by atoms with van der Waals surface area (Å²) in [6.07, 6.45) is -35.3. The summed E-state index contributed by atoms with van der Waals surface area (Å²) >= 11 is 37.4. The lowest BCUT2D eigenvalue weighted by Gasteiger charge is -2.49. The molecule has 37 nitrogen and oxygen atoms in total. The number of ether oxygens (including phenoxy) is 20. The van der Waals surface area contributed by atoms with Gasteiger partial charge in [-0.3, -0.25) is 53.0 Å². The Labute approximate surface area is 849 Å². The molecule has 0 aliphatic carbocycles. The van der Waals surface area contributed by atoms with E-state index in [9.17, 15) is 19.2 Å². The van der Waals surface area contributed by atoms with E-state index in [0.717, 1.165) is 20.8 Å². The van der Waals surface area contributed by atoms with E-state index in [0.29, 0.717) is 15.5 Å². The van der Waals surface area contributed by atoms with Crippen molar-refractivity contribution in [1.29, 1.82) is 0 Å². The van der Waals surface area contributed by atoms with Crippen LogP contribution in [0.1, 0.15) is 124 Å². The quantitative estimate of drug-likeness (QED) is 0.0156. The van der Waals surface area contributed by atoms with Gasteiger partial charge in [-0.1, -0.05) is 203 Å². The fourth-order valence-corrected chi connectivity index (χ4v) is 17.1. The van der Waals surface area contributed by atoms with Crippen LogP contribution in [-0.4, -0.2) is 264 Å². The lowest BCUT2D eigenvalue weighted by atomic mass is 9.89. The Kier molecular flexibility index (Phi) is 34.1. The normalized spacial score (nSPS) is 24.9. The third kappa shape index (κ3) is 25.1. The molecule has 0 radical (unpaired) electrons. The zero-order valence-electron chi connectivity index (χ0n) is 76.0. The number of halogens is 6. The maximum Gasteiger partial charge on any atom is 0.338 e. The number of amides is 4. The zero-order chi connectivity index (χ0) is 102. The molecule has 0 spiro atoms. The van der Waals surface area contributed by atoms with Gasteiger partial charge in [-0.2, -0.15) is 0 Å². The number of carbonyl (C=O) groups excluding carboxylic acids is 15. The molecule has 9 aromatic carbocycles. The Morgan fingerprint density at radius 1 is 0.285 bits per heavy atom. The standard InChI is InChI=1S/C101H86Cl6N2O35/c1-53(110)126-47-68-76(132-54(2)111)80(133-55(3)112)72(94(123)130-51-100(102,103)104)96(135-68)127-48-69-77(139-88(117)56-27-11-5-12-28-56)81(142-91(120)59-33-17-8-18-34-59)73(95(124)131-52-101(105,106)107)97(136-69)128-49-70-78(140-89(118)57-29-13-6-14-30-57)82(143-92(121)60-35-19-9-20-36-60)74(108-84(113)64-39-23-24-40-65(64)85(108)114)98(137-70)129-50-71-79(141-90(119)58-31-15-7-16-32-58)83(144-93(122)61-37-21-10-22-38-61)75(99(138-71)134-63-45-43-62(125-4)44-46-63)109-86(115)66-41-25-26-42-67(66)87(109)116/h5-46,68-83,96-99H,47-52H2,1-4H3. The number of esters is 11. The molecular weight excluding hydrogens is 2010 g/mol. The van der Waals surface area contributed by atoms with E-state index in [1.807, 2.05) is 0 Å². The number of imide groups is 2. The SMILES string of the molecule is COc1ccc(OC2OC(COC3OC(COC4OC(COC5OC(COC(C)=O)C(OC(C)=O)C(OC(C)=O)C5C(=O)OCC(Cl)(Cl)Cl)C(OC(=O)c5ccccc5)C(OC(=O)c5ccccc5)C4C(=O)OCC(Cl)(Cl)Cl)C(OC(=O)c4ccccc4)C(OC(=O)c4ccccc4)C3N3C(=O)c4ccccc4C3=O)C(OC(=O)c3ccccc3)C(OC(=O)c3ccccc3)C2N2C(=O)c3ccccc3C2=O)cc1. The van der Waals surface area contributed by atoms with Gasteiger partial charge in [0.1, 0.15) is 79.7 Å². The highest BCUT2D eigenvalue weighted by Gasteiger charge is 2.64. The van der Waals surface area contributed by atoms with Gasteiger partial charge in [-0.15, -0.1) is 0 Å². The number of methoxy groups -OCH3 is 1. The molecule has 15 rings (SSSR count). The van der Waals surface area contributed by atoms with Crippen molar-refractivity contribution >= 4 is 159 Å². The van der Waals surface area contributed by atoms with Crippen LogP contribution in [0.25, 0.3) is 0 Å². The number of nitrogens with zero attached hydrogens (tertiary/aromatic N) is 2. The molecule has 6 aliphatic heterocycles. The van der Waals surface area contributed by atoms with Crippen molar-refractivity contribution < 1.29 is 167 Å². The van der Waals surface area contributed by atoms with E-state index in [1.165, 1.54) is 238 Å². The third-order valence-electron chi connectivity index (χ3n) is 23.2. The minimum Gasteiger partial charge on any atom is -0.497 e. The monoisotopic (exact) mass is 2100 g/mol. The fourth-order valence-electron chi connectivity index (χ4n) is 16.8. The molecule has 0 saturated carbocycles. The summed E-state index contributed by atoms with van der Waals surface area (Å²) in [5.41, 5.74) is -2.00. The Bertz CT molecular complexity index is 6120. The van der Waals surface area contributed by atoms with Crippen LogP contribution in [0.5, 0.6) is 11.5 Å². The second-order valence-electron chi connectivity index (χ2n) is 32.9. The molecule has 6 aliphatic rings. The lowest BCUT2D eigenvalue weighted by molar-refractivity contribution is -0.329. The van der Waals surface area contributed by atoms with E-state index < -0.39 is 259 Å². The van der Waals surface area contributed by atoms with Gasteiger partial charge in [0.15, 0.2) is 67.7 Å². The average molecular weight is 2100 g/mol. The molecule has 6 heterocycles. The number of benzene rings is 9. The predicted octanol–water partition coefficient (Wildman–Crippen LogP) is 12.2. The van der Waals surface area contributed by atoms with Crippen molar-refractivity contribution in [2.45, 2.75) is 139 Å². The van der Waals surface area contributed by atoms with Crippen molar-refractivity contribution in [2.75, 3.05) is 46.8 Å². The first-order chi connectivity index (χ1) is 69.1. The van der Waals surface area contributed by atoms with E-state index in [2.05, 4.69) is 0 Å². The van der Waals surface area contributed by atoms with Gasteiger partial charge in [0.25, 0.3) is 23.6 Å². The van der Waals surface area contributed by atoms with Crippen LogP contribution in [-0.2, 0) is 109 Å². The molecule has 752 valence electrons. The second-order valence-corrected chi connectivity index (χ2v) is 37.9. The van der Waals surface area contributed by atoms with Gasteiger partial charge in [0.05, 0.1) is 82.6 Å². The molecule has 144 heavy (non-hydrogen) atoms. The number of alkyl halides is 6. The number of hydrogen-bond acceptors (Lipinski definition) is 35. The summed E-state index contributed by atoms with van der Waals surface area (Å²) in [6.45, 7) is -3.92. The first-order valence-corrected chi connectivity index (χ1v) is 46.6. The molecule has 0 aromatic heterocycles. The number of fused-ring (bicyclic) bond motifs is 2. The average Bonchev–Trinajstić information content (AvgIpc) is 1.51. The van der Waals surface area contributed by atoms with Crippen LogP contribution in [0.2, 0.25) is 0 Å². The maximum absolute atomic E-state index is 15.9. The topological polar surface area (TPSA) is 447 Å². The molecule has 20 unspecified atom stereocenters. The minimum atomic E-state index is -2.53. The van der Waals surface area contributed by atoms with Crippen LogP contribution in [0.3, 0.4) is 0 Å². The van der Waals surface area contributed by atoms with Crippen molar-refractivity contribution in [2.24, 2.45) is 11.8 Å². The summed E-state index contributed by atoms with van der Waals surface area (Å²) < 4.78 is 123. The Balaban J connectivity index is 0.914. The van der Waals surface area contributed by atoms with Crippen LogP contribution in [0.15, 0.2) is 255 Å². The molecule has 4 amide bonds. The van der Waals surface area contributed by atoms with Gasteiger partial charge >= 0.3 is 65.7 Å². The Morgan fingerprint density at radius 3 is 0.847 bits per heavy atom. The van der Waals surface area contributed by atoms with E-state index in [4.69, 9.17) is 164 Å². The molecule has 4 fully saturated rings. The zero-order valence-corrected chi connectivity index (χ0v) is 80.5. The first kappa shape index (κ1) is 105. The van der Waals surface area contributed by atoms with Gasteiger partial charge in [0, 0.05) is 20.8 Å². The van der Waals surface area contributed by atoms with E-state index in [-0.39, 0.29) is 61.4 Å². The minimum absolute atomic E-state index is 0.0657. The summed E-state index contributed by atoms with van der Waals surface area (Å²) in [5.74, 6) is -22.3. The molecule has 43 heteroatoms. The molecule has 0 N–H and O–H groups in total. The molecular formula is C101H86Cl6N2O35. The third-order valence-corrected chi connectivity index (χ3v) is 23.9. The highest BCUT2D eigenvalue weighted by Crippen LogP contribution is 2.45. The van der Waals surface area contributed by atoms with E-state index in [1.54, 1.807) is 24.3 Å². The summed E-state index contributed by atoms with van der Waals surface area (Å²) in [5, 5.41) is 0. The first-order valence-electron chi connectivity index (χ1n) is 44.3. The fraction of sp³-hybridized carbons (Fsp3) is 0.317. The van der Waals surface area contributed by atoms with Gasteiger partial charge in [0.2, 0.25) is 13.9 Å². The lowest BCUT2D eigenvalue weighted by Crippen LogP contribution is -2.70. The Morgan fingerprint density at radius 2 is 0.535 bits per heavy atom. The highest BCUT2D eigenvalue weighted by molar-refractivity contribution is 6.68. The molecule has 20 atom stereocenters. The van der Waals surface area contributed by atoms with Crippen molar-refractivity contribution in [3.05, 3.63) is 310 Å². The largest absolute Gasteiger partial charge is 0.497 e. The summed E-state index contributed by atoms with van der Waals surface area (Å²) in [4.78, 5) is 226. The maximum atomic E-state index is 15.9. The van der Waals surface area contributed by atoms with Gasteiger partial charge in [-0.05, 0) is 121 Å². The van der Waals surface area contributed by atoms with E-state index >= 15 is 52.7 Å². The number of hydrogen-bond donors (Lipinski definition) is 0. The summed E-state index contributed by atoms with van der Waals surface area (Å²) in [7, 11) is 1.39. The van der Waals surface area contributed by atoms with Crippen molar-refractivity contribution in [1.82, 2.24) is 9.80 Å². The molecule has 9 aromatic rings. The molecule has 0 bridgehead atoms. The summed E-state index contributed by atoms with van der Waals surface area (Å²) in [6, 6.07) is 55.2. The van der Waals surface area contributed by atoms with Gasteiger partial charge < -0.3 is 94.7 Å². The number of carbonyl (C=O) groups is 15. The number of rotatable bonds is 34. The van der Waals surface area contributed by atoms with Crippen LogP contribution in [0, 0.1) is 11.8 Å². The predicted molar refractivity (Wildman–Crippen MR) is 499 cm³/mol. The highest BCUT2D eigenvalue weighted by atomic mass is 35.6. The Hall–Kier alpha value is -13.5.